The number of ether oxygens (including phenoxy) is 1. The fourth-order valence-electron chi connectivity index (χ4n) is 4.79. The standard InChI is InChI=1S/C28H31N9O4S/c1-4-42(39,40)37-13-20(10-32-37)28-29-6-5-21(34-28)7-22-8-26-24(11-30-22)25(14-36(26)18(2)3)19-9-31-35(12-19)15-27(38)33-23-16-41-17-23/h5-6,8-14,18,23H,4,7,15-17H2,1-3H3,(H,33,38). The summed E-state index contributed by atoms with van der Waals surface area (Å²) in [6, 6.07) is 4.15. The summed E-state index contributed by atoms with van der Waals surface area (Å²) in [5.41, 5.74) is 5.01. The number of aromatic nitrogens is 8. The third-order valence-corrected chi connectivity index (χ3v) is 8.63. The minimum atomic E-state index is -3.49. The van der Waals surface area contributed by atoms with Gasteiger partial charge in [-0.15, -0.1) is 0 Å². The van der Waals surface area contributed by atoms with Gasteiger partial charge in [-0.2, -0.15) is 14.3 Å². The molecule has 1 aliphatic heterocycles. The summed E-state index contributed by atoms with van der Waals surface area (Å²) in [6.07, 6.45) is 12.6. The zero-order chi connectivity index (χ0) is 29.4. The third kappa shape index (κ3) is 5.54. The number of rotatable bonds is 10. The van der Waals surface area contributed by atoms with Crippen molar-refractivity contribution in [2.24, 2.45) is 0 Å². The number of carbonyl (C=O) groups excluding carboxylic acids is 1. The molecular formula is C28H31N9O4S. The first-order valence-corrected chi connectivity index (χ1v) is 15.3. The zero-order valence-electron chi connectivity index (χ0n) is 23.5. The molecule has 0 spiro atoms. The van der Waals surface area contributed by atoms with E-state index in [4.69, 9.17) is 9.72 Å². The Hall–Kier alpha value is -4.43. The van der Waals surface area contributed by atoms with E-state index in [1.807, 2.05) is 18.5 Å². The van der Waals surface area contributed by atoms with Gasteiger partial charge in [0.05, 0.1) is 60.4 Å². The lowest BCUT2D eigenvalue weighted by molar-refractivity contribution is -0.126. The Morgan fingerprint density at radius 1 is 1.07 bits per heavy atom. The second-order valence-electron chi connectivity index (χ2n) is 10.5. The summed E-state index contributed by atoms with van der Waals surface area (Å²) >= 11 is 0. The van der Waals surface area contributed by atoms with Crippen molar-refractivity contribution in [2.75, 3.05) is 19.0 Å². The van der Waals surface area contributed by atoms with Crippen LogP contribution >= 0.6 is 0 Å². The largest absolute Gasteiger partial charge is 0.377 e. The van der Waals surface area contributed by atoms with E-state index < -0.39 is 10.0 Å². The average Bonchev–Trinajstić information content (AvgIpc) is 3.70. The van der Waals surface area contributed by atoms with Crippen molar-refractivity contribution < 1.29 is 17.9 Å². The lowest BCUT2D eigenvalue weighted by Crippen LogP contribution is -2.49. The van der Waals surface area contributed by atoms with Gasteiger partial charge in [0.1, 0.15) is 6.54 Å². The van der Waals surface area contributed by atoms with E-state index in [1.165, 1.54) is 12.4 Å². The van der Waals surface area contributed by atoms with E-state index in [0.29, 0.717) is 31.0 Å². The van der Waals surface area contributed by atoms with Crippen LogP contribution in [0.1, 0.15) is 38.2 Å². The molecular weight excluding hydrogens is 558 g/mol. The zero-order valence-corrected chi connectivity index (χ0v) is 24.3. The van der Waals surface area contributed by atoms with Crippen molar-refractivity contribution in [1.82, 2.24) is 43.8 Å². The first-order chi connectivity index (χ1) is 20.2. The molecule has 218 valence electrons. The predicted octanol–water partition coefficient (Wildman–Crippen LogP) is 2.44. The number of hydrogen-bond donors (Lipinski definition) is 1. The van der Waals surface area contributed by atoms with E-state index in [-0.39, 0.29) is 30.3 Å². The minimum absolute atomic E-state index is 0.0565. The van der Waals surface area contributed by atoms with Crippen LogP contribution in [0.25, 0.3) is 33.4 Å². The van der Waals surface area contributed by atoms with Gasteiger partial charge in [0, 0.05) is 59.5 Å². The highest BCUT2D eigenvalue weighted by molar-refractivity contribution is 7.89. The predicted molar refractivity (Wildman–Crippen MR) is 155 cm³/mol. The molecule has 1 saturated heterocycles. The molecule has 1 aliphatic rings. The highest BCUT2D eigenvalue weighted by Gasteiger charge is 2.21. The van der Waals surface area contributed by atoms with Crippen LogP contribution in [0.3, 0.4) is 0 Å². The molecule has 5 aromatic heterocycles. The summed E-state index contributed by atoms with van der Waals surface area (Å²) in [7, 11) is -3.49. The van der Waals surface area contributed by atoms with Crippen LogP contribution < -0.4 is 5.32 Å². The Balaban J connectivity index is 1.25. The van der Waals surface area contributed by atoms with Crippen LogP contribution in [-0.4, -0.2) is 77.8 Å². The quantitative estimate of drug-likeness (QED) is 0.259. The van der Waals surface area contributed by atoms with E-state index in [2.05, 4.69) is 56.2 Å². The molecule has 42 heavy (non-hydrogen) atoms. The number of hydrogen-bond acceptors (Lipinski definition) is 9. The second kappa shape index (κ2) is 11.1. The molecule has 1 N–H and O–H groups in total. The number of amides is 1. The molecule has 0 bridgehead atoms. The van der Waals surface area contributed by atoms with Crippen LogP contribution in [0.4, 0.5) is 0 Å². The molecule has 13 nitrogen and oxygen atoms in total. The Kier molecular flexibility index (Phi) is 7.33. The molecule has 6 rings (SSSR count). The third-order valence-electron chi connectivity index (χ3n) is 7.13. The van der Waals surface area contributed by atoms with Crippen LogP contribution in [0.15, 0.2) is 55.5 Å². The van der Waals surface area contributed by atoms with Gasteiger partial charge in [0.15, 0.2) is 5.82 Å². The summed E-state index contributed by atoms with van der Waals surface area (Å²) in [5, 5.41) is 12.3. The molecule has 14 heteroatoms. The number of fused-ring (bicyclic) bond motifs is 1. The molecule has 0 radical (unpaired) electrons. The molecule has 0 aliphatic carbocycles. The van der Waals surface area contributed by atoms with Crippen molar-refractivity contribution in [3.8, 4) is 22.5 Å². The minimum Gasteiger partial charge on any atom is -0.377 e. The number of nitrogens with one attached hydrogen (secondary N) is 1. The van der Waals surface area contributed by atoms with Gasteiger partial charge in [-0.05, 0) is 32.9 Å². The van der Waals surface area contributed by atoms with Crippen molar-refractivity contribution in [2.45, 2.75) is 45.8 Å². The fraction of sp³-hybridized carbons (Fsp3) is 0.357. The Morgan fingerprint density at radius 3 is 2.62 bits per heavy atom. The summed E-state index contributed by atoms with van der Waals surface area (Å²) in [4.78, 5) is 26.0. The SMILES string of the molecule is CCS(=O)(=O)n1cc(-c2nccc(Cc3cc4c(cn3)c(-c3cnn(CC(=O)NC5COC5)c3)cn4C(C)C)n2)cn1. The first kappa shape index (κ1) is 27.7. The second-order valence-corrected chi connectivity index (χ2v) is 12.6. The van der Waals surface area contributed by atoms with Crippen LogP contribution in [0, 0.1) is 0 Å². The fourth-order valence-corrected chi connectivity index (χ4v) is 5.52. The number of nitrogens with zero attached hydrogens (tertiary/aromatic N) is 8. The molecule has 6 heterocycles. The normalized spacial score (nSPS) is 14.0. The highest BCUT2D eigenvalue weighted by Crippen LogP contribution is 2.32. The highest BCUT2D eigenvalue weighted by atomic mass is 32.2. The van der Waals surface area contributed by atoms with Crippen molar-refractivity contribution in [3.63, 3.8) is 0 Å². The van der Waals surface area contributed by atoms with E-state index in [1.54, 1.807) is 24.0 Å². The molecule has 0 saturated carbocycles. The van der Waals surface area contributed by atoms with E-state index in [9.17, 15) is 13.2 Å². The van der Waals surface area contributed by atoms with Gasteiger partial charge in [-0.1, -0.05) is 0 Å². The topological polar surface area (TPSA) is 152 Å². The lowest BCUT2D eigenvalue weighted by atomic mass is 10.1. The van der Waals surface area contributed by atoms with Crippen molar-refractivity contribution >= 4 is 26.8 Å². The van der Waals surface area contributed by atoms with Crippen LogP contribution in [0.2, 0.25) is 0 Å². The maximum Gasteiger partial charge on any atom is 0.253 e. The summed E-state index contributed by atoms with van der Waals surface area (Å²) in [6.45, 7) is 7.05. The van der Waals surface area contributed by atoms with Crippen LogP contribution in [-0.2, 0) is 32.5 Å². The first-order valence-electron chi connectivity index (χ1n) is 13.7. The van der Waals surface area contributed by atoms with E-state index >= 15 is 0 Å². The smallest absolute Gasteiger partial charge is 0.253 e. The maximum atomic E-state index is 12.3. The molecule has 5 aromatic rings. The van der Waals surface area contributed by atoms with E-state index in [0.717, 1.165) is 37.5 Å². The molecule has 0 unspecified atom stereocenters. The van der Waals surface area contributed by atoms with Crippen LogP contribution in [0.5, 0.6) is 0 Å². The Bertz CT molecular complexity index is 1870. The van der Waals surface area contributed by atoms with Gasteiger partial charge < -0.3 is 14.6 Å². The number of pyridine rings is 1. The van der Waals surface area contributed by atoms with Gasteiger partial charge in [-0.25, -0.2) is 18.4 Å². The van der Waals surface area contributed by atoms with Gasteiger partial charge in [0.2, 0.25) is 5.91 Å². The Labute approximate surface area is 242 Å². The Morgan fingerprint density at radius 2 is 1.88 bits per heavy atom. The monoisotopic (exact) mass is 589 g/mol. The lowest BCUT2D eigenvalue weighted by Gasteiger charge is -2.26. The molecule has 1 fully saturated rings. The molecule has 0 atom stereocenters. The number of carbonyl (C=O) groups is 1. The average molecular weight is 590 g/mol. The van der Waals surface area contributed by atoms with Crippen molar-refractivity contribution in [1.29, 1.82) is 0 Å². The van der Waals surface area contributed by atoms with Crippen molar-refractivity contribution in [3.05, 3.63) is 66.9 Å². The summed E-state index contributed by atoms with van der Waals surface area (Å²) in [5.74, 6) is 0.242. The maximum absolute atomic E-state index is 12.3. The van der Waals surface area contributed by atoms with Gasteiger partial charge in [0.25, 0.3) is 10.0 Å². The molecule has 0 aromatic carbocycles. The molecule has 1 amide bonds. The summed E-state index contributed by atoms with van der Waals surface area (Å²) < 4.78 is 34.2. The van der Waals surface area contributed by atoms with Gasteiger partial charge >= 0.3 is 0 Å². The van der Waals surface area contributed by atoms with Gasteiger partial charge in [-0.3, -0.25) is 14.5 Å².